The summed E-state index contributed by atoms with van der Waals surface area (Å²) in [4.78, 5) is 32.0. The maximum atomic E-state index is 12.6. The molecular formula is C17H19N7O2S. The van der Waals surface area contributed by atoms with Crippen molar-refractivity contribution in [3.63, 3.8) is 0 Å². The lowest BCUT2D eigenvalue weighted by atomic mass is 9.97. The third-order valence-corrected chi connectivity index (χ3v) is 5.09. The van der Waals surface area contributed by atoms with E-state index in [-0.39, 0.29) is 11.8 Å². The highest BCUT2D eigenvalue weighted by atomic mass is 32.1. The molecule has 4 heterocycles. The zero-order chi connectivity index (χ0) is 18.8. The van der Waals surface area contributed by atoms with Crippen LogP contribution in [-0.2, 0) is 4.79 Å². The Kier molecular flexibility index (Phi) is 4.80. The van der Waals surface area contributed by atoms with E-state index in [2.05, 4.69) is 35.3 Å². The van der Waals surface area contributed by atoms with E-state index in [0.717, 1.165) is 25.2 Å². The van der Waals surface area contributed by atoms with Gasteiger partial charge in [-0.05, 0) is 26.7 Å². The van der Waals surface area contributed by atoms with Gasteiger partial charge in [-0.15, -0.1) is 11.3 Å². The molecule has 27 heavy (non-hydrogen) atoms. The van der Waals surface area contributed by atoms with Crippen molar-refractivity contribution in [3.05, 3.63) is 29.4 Å². The monoisotopic (exact) mass is 385 g/mol. The first-order valence-corrected chi connectivity index (χ1v) is 9.58. The van der Waals surface area contributed by atoms with E-state index in [0.29, 0.717) is 34.8 Å². The van der Waals surface area contributed by atoms with Crippen LogP contribution in [0.4, 0.5) is 10.9 Å². The Balaban J connectivity index is 1.57. The predicted octanol–water partition coefficient (Wildman–Crippen LogP) is 2.46. The van der Waals surface area contributed by atoms with Gasteiger partial charge in [0.05, 0.1) is 5.92 Å². The highest BCUT2D eigenvalue weighted by Crippen LogP contribution is 2.31. The van der Waals surface area contributed by atoms with Gasteiger partial charge in [-0.1, -0.05) is 5.16 Å². The Hall–Kier alpha value is -2.88. The molecule has 1 atom stereocenters. The number of aryl methyl sites for hydroxylation is 2. The van der Waals surface area contributed by atoms with E-state index in [1.165, 1.54) is 11.3 Å². The fourth-order valence-corrected chi connectivity index (χ4v) is 3.66. The van der Waals surface area contributed by atoms with Crippen molar-refractivity contribution in [1.82, 2.24) is 25.1 Å². The van der Waals surface area contributed by atoms with Gasteiger partial charge in [-0.25, -0.2) is 15.0 Å². The van der Waals surface area contributed by atoms with Crippen molar-refractivity contribution < 1.29 is 9.32 Å². The number of hydrogen-bond donors (Lipinski definition) is 1. The van der Waals surface area contributed by atoms with Crippen molar-refractivity contribution in [2.75, 3.05) is 23.3 Å². The number of carbonyl (C=O) groups is 1. The number of hydrogen-bond acceptors (Lipinski definition) is 9. The van der Waals surface area contributed by atoms with Gasteiger partial charge < -0.3 is 14.7 Å². The number of anilines is 2. The van der Waals surface area contributed by atoms with E-state index in [1.807, 2.05) is 12.3 Å². The van der Waals surface area contributed by atoms with Crippen LogP contribution in [0.1, 0.15) is 24.5 Å². The summed E-state index contributed by atoms with van der Waals surface area (Å²) in [7, 11) is 0. The predicted molar refractivity (Wildman–Crippen MR) is 100 cm³/mol. The molecule has 3 aromatic rings. The number of thiazole rings is 1. The van der Waals surface area contributed by atoms with Gasteiger partial charge in [0.25, 0.3) is 5.89 Å². The molecule has 0 aromatic carbocycles. The lowest BCUT2D eigenvalue weighted by molar-refractivity contribution is -0.120. The molecule has 4 rings (SSSR count). The second-order valence-electron chi connectivity index (χ2n) is 6.41. The zero-order valence-corrected chi connectivity index (χ0v) is 15.9. The van der Waals surface area contributed by atoms with E-state index >= 15 is 0 Å². The topological polar surface area (TPSA) is 110 Å². The van der Waals surface area contributed by atoms with Gasteiger partial charge in [-0.3, -0.25) is 4.79 Å². The number of piperidine rings is 1. The van der Waals surface area contributed by atoms with Gasteiger partial charge in [0.2, 0.25) is 5.91 Å². The van der Waals surface area contributed by atoms with E-state index in [4.69, 9.17) is 4.52 Å². The number of nitrogens with zero attached hydrogens (tertiary/aromatic N) is 6. The van der Waals surface area contributed by atoms with Crippen molar-refractivity contribution in [1.29, 1.82) is 0 Å². The molecule has 140 valence electrons. The standard InChI is InChI=1S/C17H19N7O2S/c1-10-19-8-13(16-21-11(2)23-26-16)14(20-10)24-6-3-4-12(9-24)15(25)22-17-18-5-7-27-17/h5,7-8,12H,3-4,6,9H2,1-2H3,(H,18,22,25). The van der Waals surface area contributed by atoms with Crippen molar-refractivity contribution in [3.8, 4) is 11.5 Å². The lowest BCUT2D eigenvalue weighted by Crippen LogP contribution is -2.41. The largest absolute Gasteiger partial charge is 0.355 e. The second kappa shape index (κ2) is 7.39. The average Bonchev–Trinajstić information content (AvgIpc) is 3.33. The highest BCUT2D eigenvalue weighted by Gasteiger charge is 2.29. The van der Waals surface area contributed by atoms with Crippen LogP contribution in [0.25, 0.3) is 11.5 Å². The summed E-state index contributed by atoms with van der Waals surface area (Å²) in [5.41, 5.74) is 0.683. The Morgan fingerprint density at radius 1 is 1.30 bits per heavy atom. The fourth-order valence-electron chi connectivity index (χ4n) is 3.13. The molecular weight excluding hydrogens is 366 g/mol. The summed E-state index contributed by atoms with van der Waals surface area (Å²) in [6, 6.07) is 0. The highest BCUT2D eigenvalue weighted by molar-refractivity contribution is 7.13. The Labute approximate surface area is 159 Å². The minimum absolute atomic E-state index is 0.0180. The van der Waals surface area contributed by atoms with Crippen LogP contribution in [0.3, 0.4) is 0 Å². The van der Waals surface area contributed by atoms with Crippen LogP contribution < -0.4 is 10.2 Å². The van der Waals surface area contributed by atoms with Crippen molar-refractivity contribution >= 4 is 28.2 Å². The maximum absolute atomic E-state index is 12.6. The Bertz CT molecular complexity index is 941. The average molecular weight is 385 g/mol. The van der Waals surface area contributed by atoms with Gasteiger partial charge in [0.15, 0.2) is 11.0 Å². The Morgan fingerprint density at radius 2 is 2.19 bits per heavy atom. The summed E-state index contributed by atoms with van der Waals surface area (Å²) in [5.74, 6) is 2.15. The number of nitrogens with one attached hydrogen (secondary N) is 1. The summed E-state index contributed by atoms with van der Waals surface area (Å²) in [6.07, 6.45) is 5.09. The molecule has 1 aliphatic rings. The molecule has 1 amide bonds. The molecule has 10 heteroatoms. The third-order valence-electron chi connectivity index (χ3n) is 4.40. The first kappa shape index (κ1) is 17.5. The smallest absolute Gasteiger partial charge is 0.263 e. The normalized spacial score (nSPS) is 17.1. The molecule has 0 saturated carbocycles. The van der Waals surface area contributed by atoms with Gasteiger partial charge in [0, 0.05) is 30.9 Å². The molecule has 0 spiro atoms. The van der Waals surface area contributed by atoms with Crippen molar-refractivity contribution in [2.45, 2.75) is 26.7 Å². The Morgan fingerprint density at radius 3 is 2.93 bits per heavy atom. The first-order chi connectivity index (χ1) is 13.1. The second-order valence-corrected chi connectivity index (χ2v) is 7.31. The first-order valence-electron chi connectivity index (χ1n) is 8.70. The van der Waals surface area contributed by atoms with Crippen molar-refractivity contribution in [2.24, 2.45) is 5.92 Å². The minimum Gasteiger partial charge on any atom is -0.355 e. The number of aromatic nitrogens is 5. The number of rotatable bonds is 4. The maximum Gasteiger partial charge on any atom is 0.263 e. The molecule has 0 aliphatic carbocycles. The van der Waals surface area contributed by atoms with Crippen LogP contribution in [0.2, 0.25) is 0 Å². The lowest BCUT2D eigenvalue weighted by Gasteiger charge is -2.33. The molecule has 1 saturated heterocycles. The molecule has 0 radical (unpaired) electrons. The number of amides is 1. The molecule has 1 unspecified atom stereocenters. The molecule has 9 nitrogen and oxygen atoms in total. The van der Waals surface area contributed by atoms with Gasteiger partial charge in [-0.2, -0.15) is 4.98 Å². The van der Waals surface area contributed by atoms with Gasteiger partial charge in [0.1, 0.15) is 17.2 Å². The number of carbonyl (C=O) groups excluding carboxylic acids is 1. The van der Waals surface area contributed by atoms with Gasteiger partial charge >= 0.3 is 0 Å². The fraction of sp³-hybridized carbons (Fsp3) is 0.412. The molecule has 0 bridgehead atoms. The summed E-state index contributed by atoms with van der Waals surface area (Å²) in [5, 5.41) is 9.21. The molecule has 3 aromatic heterocycles. The van der Waals surface area contributed by atoms with Crippen LogP contribution in [-0.4, -0.2) is 44.1 Å². The van der Waals surface area contributed by atoms with Crippen LogP contribution in [0.5, 0.6) is 0 Å². The van der Waals surface area contributed by atoms with E-state index in [1.54, 1.807) is 19.3 Å². The minimum atomic E-state index is -0.143. The quantitative estimate of drug-likeness (QED) is 0.729. The summed E-state index contributed by atoms with van der Waals surface area (Å²) >= 11 is 1.41. The molecule has 1 N–H and O–H groups in total. The molecule has 1 fully saturated rings. The van der Waals surface area contributed by atoms with E-state index < -0.39 is 0 Å². The van der Waals surface area contributed by atoms with Crippen LogP contribution in [0.15, 0.2) is 22.3 Å². The summed E-state index contributed by atoms with van der Waals surface area (Å²) < 4.78 is 5.31. The van der Waals surface area contributed by atoms with Crippen LogP contribution in [0, 0.1) is 19.8 Å². The van der Waals surface area contributed by atoms with E-state index in [9.17, 15) is 4.79 Å². The zero-order valence-electron chi connectivity index (χ0n) is 15.0. The SMILES string of the molecule is Cc1noc(-c2cnc(C)nc2N2CCCC(C(=O)Nc3nccs3)C2)n1. The summed E-state index contributed by atoms with van der Waals surface area (Å²) in [6.45, 7) is 4.97. The van der Waals surface area contributed by atoms with Crippen LogP contribution >= 0.6 is 11.3 Å². The third kappa shape index (κ3) is 3.80. The molecule has 1 aliphatic heterocycles.